The number of aromatic nitrogens is 5. The Hall–Kier alpha value is -4.02. The monoisotopic (exact) mass is 498 g/mol. The smallest absolute Gasteiger partial charge is 0.278 e. The van der Waals surface area contributed by atoms with Crippen LogP contribution >= 0.6 is 0 Å². The van der Waals surface area contributed by atoms with Crippen LogP contribution in [-0.4, -0.2) is 67.5 Å². The van der Waals surface area contributed by atoms with Gasteiger partial charge in [0, 0.05) is 43.8 Å². The number of aryl methyl sites for hydroxylation is 1. The van der Waals surface area contributed by atoms with E-state index in [1.54, 1.807) is 17.0 Å². The van der Waals surface area contributed by atoms with Crippen molar-refractivity contribution >= 4 is 28.4 Å². The van der Waals surface area contributed by atoms with Crippen LogP contribution in [0.2, 0.25) is 0 Å². The molecule has 37 heavy (non-hydrogen) atoms. The summed E-state index contributed by atoms with van der Waals surface area (Å²) in [4.78, 5) is 31.8. The quantitative estimate of drug-likeness (QED) is 0.391. The molecule has 0 spiro atoms. The fourth-order valence-corrected chi connectivity index (χ4v) is 5.10. The normalized spacial score (nSPS) is 17.8. The number of likely N-dealkylation sites (N-methyl/N-ethyl adjacent to an activating group) is 1. The number of hydrogen-bond acceptors (Lipinski definition) is 8. The van der Waals surface area contributed by atoms with Crippen LogP contribution in [0.4, 0.5) is 17.3 Å². The lowest BCUT2D eigenvalue weighted by Crippen LogP contribution is -2.44. The number of anilines is 3. The maximum absolute atomic E-state index is 13.2. The van der Waals surface area contributed by atoms with Crippen molar-refractivity contribution in [3.05, 3.63) is 76.9 Å². The van der Waals surface area contributed by atoms with Gasteiger partial charge in [-0.1, -0.05) is 12.1 Å². The molecule has 2 N–H and O–H groups in total. The molecular weight excluding hydrogens is 468 g/mol. The van der Waals surface area contributed by atoms with Crippen molar-refractivity contribution in [3.63, 3.8) is 0 Å². The fourth-order valence-electron chi connectivity index (χ4n) is 5.10. The van der Waals surface area contributed by atoms with E-state index in [9.17, 15) is 9.90 Å². The van der Waals surface area contributed by atoms with Gasteiger partial charge in [-0.25, -0.2) is 19.3 Å². The Morgan fingerprint density at radius 2 is 1.89 bits per heavy atom. The number of nitrogens with one attached hydrogen (secondary N) is 1. The van der Waals surface area contributed by atoms with Gasteiger partial charge in [-0.2, -0.15) is 4.98 Å². The van der Waals surface area contributed by atoms with Crippen molar-refractivity contribution in [3.8, 4) is 5.82 Å². The Morgan fingerprint density at radius 3 is 2.65 bits per heavy atom. The predicted molar refractivity (Wildman–Crippen MR) is 144 cm³/mol. The number of aliphatic hydroxyl groups is 1. The number of benzene rings is 1. The van der Waals surface area contributed by atoms with Gasteiger partial charge in [0.25, 0.3) is 5.56 Å². The Labute approximate surface area is 214 Å². The second-order valence-corrected chi connectivity index (χ2v) is 9.65. The summed E-state index contributed by atoms with van der Waals surface area (Å²) in [6.07, 6.45) is 4.05. The second-order valence-electron chi connectivity index (χ2n) is 9.65. The van der Waals surface area contributed by atoms with Crippen LogP contribution in [0.5, 0.6) is 0 Å². The van der Waals surface area contributed by atoms with Crippen LogP contribution in [0.15, 0.2) is 60.0 Å². The van der Waals surface area contributed by atoms with Gasteiger partial charge in [-0.05, 0) is 55.8 Å². The Balaban J connectivity index is 1.34. The third-order valence-corrected chi connectivity index (χ3v) is 7.19. The van der Waals surface area contributed by atoms with Gasteiger partial charge in [0.15, 0.2) is 11.5 Å². The van der Waals surface area contributed by atoms with E-state index in [1.165, 1.54) is 10.4 Å². The van der Waals surface area contributed by atoms with Gasteiger partial charge < -0.3 is 20.2 Å². The van der Waals surface area contributed by atoms with Crippen molar-refractivity contribution in [2.75, 3.05) is 43.4 Å². The molecule has 1 aliphatic carbocycles. The number of aliphatic hydroxyl groups excluding tert-OH is 1. The lowest BCUT2D eigenvalue weighted by molar-refractivity contribution is 0.175. The molecule has 4 heterocycles. The SMILES string of the molecule is C=CCn1c(=O)c2cnc(Nc3ccc(N4CCN(C)CC4)cc3)nc2n1-c1ccc2c(n1)C(O)CC2. The number of allylic oxidation sites excluding steroid dienone is 1. The second kappa shape index (κ2) is 9.45. The zero-order chi connectivity index (χ0) is 25.5. The van der Waals surface area contributed by atoms with Crippen LogP contribution in [0.1, 0.15) is 23.8 Å². The van der Waals surface area contributed by atoms with Gasteiger partial charge in [0.2, 0.25) is 5.95 Å². The van der Waals surface area contributed by atoms with E-state index < -0.39 is 6.10 Å². The molecular formula is C27H30N8O2. The minimum atomic E-state index is -0.600. The number of rotatable bonds is 6. The number of pyridine rings is 1. The van der Waals surface area contributed by atoms with E-state index in [2.05, 4.69) is 45.9 Å². The number of fused-ring (bicyclic) bond motifs is 2. The molecule has 1 atom stereocenters. The molecule has 0 radical (unpaired) electrons. The molecule has 0 bridgehead atoms. The summed E-state index contributed by atoms with van der Waals surface area (Å²) < 4.78 is 3.23. The standard InChI is InChI=1S/C27H30N8O2/c1-3-12-34-26(37)21-17-28-27(29-19-6-8-20(9-7-19)33-15-13-32(2)14-16-33)31-25(21)35(34)23-11-5-18-4-10-22(36)24(18)30-23/h3,5-9,11,17,22,36H,1,4,10,12-16H2,2H3,(H,28,29,31). The van der Waals surface area contributed by atoms with Gasteiger partial charge in [-0.3, -0.25) is 4.79 Å². The molecule has 3 aromatic heterocycles. The lowest BCUT2D eigenvalue weighted by Gasteiger charge is -2.34. The largest absolute Gasteiger partial charge is 0.387 e. The van der Waals surface area contributed by atoms with Crippen LogP contribution in [0, 0.1) is 0 Å². The molecule has 1 aliphatic heterocycles. The van der Waals surface area contributed by atoms with E-state index in [4.69, 9.17) is 9.97 Å². The third kappa shape index (κ3) is 4.28. The zero-order valence-corrected chi connectivity index (χ0v) is 20.8. The minimum absolute atomic E-state index is 0.221. The molecule has 10 nitrogen and oxygen atoms in total. The van der Waals surface area contributed by atoms with Crippen LogP contribution in [-0.2, 0) is 13.0 Å². The molecule has 1 fully saturated rings. The van der Waals surface area contributed by atoms with Crippen LogP contribution < -0.4 is 15.8 Å². The van der Waals surface area contributed by atoms with E-state index in [0.29, 0.717) is 34.9 Å². The highest BCUT2D eigenvalue weighted by molar-refractivity contribution is 5.77. The molecule has 6 rings (SSSR count). The topological polar surface area (TPSA) is 104 Å². The first-order valence-corrected chi connectivity index (χ1v) is 12.6. The maximum atomic E-state index is 13.2. The number of piperazine rings is 1. The molecule has 1 unspecified atom stereocenters. The highest BCUT2D eigenvalue weighted by Gasteiger charge is 2.24. The van der Waals surface area contributed by atoms with E-state index >= 15 is 0 Å². The highest BCUT2D eigenvalue weighted by atomic mass is 16.3. The number of nitrogens with zero attached hydrogens (tertiary/aromatic N) is 7. The molecule has 2 aliphatic rings. The van der Waals surface area contributed by atoms with Crippen molar-refractivity contribution in [1.82, 2.24) is 29.2 Å². The summed E-state index contributed by atoms with van der Waals surface area (Å²) in [7, 11) is 2.15. The van der Waals surface area contributed by atoms with Crippen LogP contribution in [0.3, 0.4) is 0 Å². The maximum Gasteiger partial charge on any atom is 0.278 e. The third-order valence-electron chi connectivity index (χ3n) is 7.19. The van der Waals surface area contributed by atoms with Gasteiger partial charge in [0.05, 0.1) is 18.3 Å². The molecule has 190 valence electrons. The molecule has 1 saturated heterocycles. The van der Waals surface area contributed by atoms with Gasteiger partial charge in [-0.15, -0.1) is 6.58 Å². The van der Waals surface area contributed by atoms with Crippen molar-refractivity contribution in [1.29, 1.82) is 0 Å². The number of hydrogen-bond donors (Lipinski definition) is 2. The van der Waals surface area contributed by atoms with Crippen LogP contribution in [0.25, 0.3) is 16.9 Å². The first kappa shape index (κ1) is 23.4. The summed E-state index contributed by atoms with van der Waals surface area (Å²) in [5.41, 5.74) is 3.96. The predicted octanol–water partition coefficient (Wildman–Crippen LogP) is 2.64. The average molecular weight is 499 g/mol. The molecule has 0 saturated carbocycles. The van der Waals surface area contributed by atoms with Crippen molar-refractivity contribution in [2.45, 2.75) is 25.5 Å². The lowest BCUT2D eigenvalue weighted by atomic mass is 10.2. The summed E-state index contributed by atoms with van der Waals surface area (Å²) >= 11 is 0. The van der Waals surface area contributed by atoms with Crippen molar-refractivity contribution < 1.29 is 5.11 Å². The summed E-state index contributed by atoms with van der Waals surface area (Å²) in [6.45, 7) is 8.22. The molecule has 4 aromatic rings. The molecule has 10 heteroatoms. The average Bonchev–Trinajstić information content (AvgIpc) is 3.41. The van der Waals surface area contributed by atoms with E-state index in [-0.39, 0.29) is 12.1 Å². The summed E-state index contributed by atoms with van der Waals surface area (Å²) in [5, 5.41) is 14.0. The van der Waals surface area contributed by atoms with Gasteiger partial charge in [0.1, 0.15) is 5.39 Å². The summed E-state index contributed by atoms with van der Waals surface area (Å²) in [6, 6.07) is 12.1. The van der Waals surface area contributed by atoms with Gasteiger partial charge >= 0.3 is 0 Å². The van der Waals surface area contributed by atoms with Crippen molar-refractivity contribution in [2.24, 2.45) is 0 Å². The van der Waals surface area contributed by atoms with E-state index in [0.717, 1.165) is 43.9 Å². The molecule has 1 aromatic carbocycles. The highest BCUT2D eigenvalue weighted by Crippen LogP contribution is 2.30. The molecule has 0 amide bonds. The first-order chi connectivity index (χ1) is 18.0. The Bertz CT molecular complexity index is 1520. The summed E-state index contributed by atoms with van der Waals surface area (Å²) in [5.74, 6) is 0.903. The minimum Gasteiger partial charge on any atom is -0.387 e. The zero-order valence-electron chi connectivity index (χ0n) is 20.8. The fraction of sp³-hybridized carbons (Fsp3) is 0.333. The Morgan fingerprint density at radius 1 is 1.11 bits per heavy atom. The van der Waals surface area contributed by atoms with E-state index in [1.807, 2.05) is 24.3 Å². The first-order valence-electron chi connectivity index (χ1n) is 12.6. The Kier molecular flexibility index (Phi) is 5.97.